The number of likely N-dealkylation sites (tertiary alicyclic amines) is 1. The molecule has 2 atom stereocenters. The third-order valence-corrected chi connectivity index (χ3v) is 4.75. The maximum atomic E-state index is 3.79. The predicted octanol–water partition coefficient (Wildman–Crippen LogP) is 4.14. The molecule has 1 aromatic carbocycles. The van der Waals surface area contributed by atoms with Crippen LogP contribution in [0, 0.1) is 26.7 Å². The second-order valence-corrected chi connectivity index (χ2v) is 6.50. The van der Waals surface area contributed by atoms with Gasteiger partial charge in [-0.15, -0.1) is 0 Å². The van der Waals surface area contributed by atoms with Crippen LogP contribution in [0.3, 0.4) is 0 Å². The molecule has 0 radical (unpaired) electrons. The Morgan fingerprint density at radius 3 is 2.50 bits per heavy atom. The molecule has 0 aromatic heterocycles. The quantitative estimate of drug-likeness (QED) is 0.887. The van der Waals surface area contributed by atoms with E-state index in [9.17, 15) is 0 Å². The van der Waals surface area contributed by atoms with Gasteiger partial charge in [-0.3, -0.25) is 0 Å². The van der Waals surface area contributed by atoms with Gasteiger partial charge in [-0.05, 0) is 70.7 Å². The van der Waals surface area contributed by atoms with Crippen molar-refractivity contribution in [3.63, 3.8) is 0 Å². The molecule has 1 fully saturated rings. The van der Waals surface area contributed by atoms with Gasteiger partial charge in [0.1, 0.15) is 0 Å². The molecule has 0 amide bonds. The fourth-order valence-corrected chi connectivity index (χ4v) is 3.54. The van der Waals surface area contributed by atoms with Crippen molar-refractivity contribution >= 4 is 5.69 Å². The molecule has 2 unspecified atom stereocenters. The van der Waals surface area contributed by atoms with E-state index in [0.717, 1.165) is 5.92 Å². The van der Waals surface area contributed by atoms with Crippen LogP contribution in [-0.2, 0) is 0 Å². The summed E-state index contributed by atoms with van der Waals surface area (Å²) in [5.74, 6) is 0.767. The Morgan fingerprint density at radius 1 is 1.25 bits per heavy atom. The van der Waals surface area contributed by atoms with Crippen LogP contribution in [0.5, 0.6) is 0 Å². The zero-order valence-corrected chi connectivity index (χ0v) is 13.8. The summed E-state index contributed by atoms with van der Waals surface area (Å²) in [7, 11) is 0. The summed E-state index contributed by atoms with van der Waals surface area (Å²) in [6.07, 6.45) is 2.70. The van der Waals surface area contributed by atoms with E-state index >= 15 is 0 Å². The molecule has 20 heavy (non-hydrogen) atoms. The first-order valence-corrected chi connectivity index (χ1v) is 8.08. The van der Waals surface area contributed by atoms with Crippen molar-refractivity contribution in [1.29, 1.82) is 0 Å². The van der Waals surface area contributed by atoms with Crippen LogP contribution in [0.2, 0.25) is 0 Å². The third kappa shape index (κ3) is 3.54. The molecule has 1 saturated heterocycles. The Hall–Kier alpha value is -1.02. The van der Waals surface area contributed by atoms with Crippen molar-refractivity contribution < 1.29 is 0 Å². The molecular weight excluding hydrogens is 244 g/mol. The number of hydrogen-bond acceptors (Lipinski definition) is 2. The summed E-state index contributed by atoms with van der Waals surface area (Å²) < 4.78 is 0. The molecule has 0 spiro atoms. The van der Waals surface area contributed by atoms with Crippen molar-refractivity contribution in [2.45, 2.75) is 53.5 Å². The van der Waals surface area contributed by atoms with Gasteiger partial charge >= 0.3 is 0 Å². The lowest BCUT2D eigenvalue weighted by atomic mass is 9.91. The number of benzene rings is 1. The molecule has 112 valence electrons. The average molecular weight is 274 g/mol. The normalized spacial score (nSPS) is 21.8. The van der Waals surface area contributed by atoms with Crippen molar-refractivity contribution in [2.24, 2.45) is 5.92 Å². The minimum atomic E-state index is 0.546. The van der Waals surface area contributed by atoms with Gasteiger partial charge in [-0.2, -0.15) is 0 Å². The average Bonchev–Trinajstić information content (AvgIpc) is 2.42. The Morgan fingerprint density at radius 2 is 1.90 bits per heavy atom. The number of nitrogens with one attached hydrogen (secondary N) is 1. The third-order valence-electron chi connectivity index (χ3n) is 4.75. The minimum absolute atomic E-state index is 0.546. The highest BCUT2D eigenvalue weighted by Gasteiger charge is 2.24. The molecular formula is C18H30N2. The van der Waals surface area contributed by atoms with Crippen LogP contribution in [0.25, 0.3) is 0 Å². The molecule has 2 rings (SSSR count). The highest BCUT2D eigenvalue weighted by molar-refractivity contribution is 5.58. The van der Waals surface area contributed by atoms with Gasteiger partial charge in [0, 0.05) is 18.3 Å². The second kappa shape index (κ2) is 6.62. The maximum absolute atomic E-state index is 3.79. The van der Waals surface area contributed by atoms with E-state index < -0.39 is 0 Å². The summed E-state index contributed by atoms with van der Waals surface area (Å²) >= 11 is 0. The first-order valence-electron chi connectivity index (χ1n) is 8.08. The Labute approximate surface area is 124 Å². The molecule has 1 aromatic rings. The highest BCUT2D eigenvalue weighted by atomic mass is 15.1. The lowest BCUT2D eigenvalue weighted by Crippen LogP contribution is -2.41. The first-order chi connectivity index (χ1) is 9.51. The summed E-state index contributed by atoms with van der Waals surface area (Å²) in [4.78, 5) is 2.58. The van der Waals surface area contributed by atoms with Crippen LogP contribution >= 0.6 is 0 Å². The molecule has 2 heteroatoms. The van der Waals surface area contributed by atoms with Crippen LogP contribution in [-0.4, -0.2) is 30.6 Å². The SMILES string of the molecule is CCN1CCCC(C(C)Nc2c(C)cc(C)cc2C)C1. The summed E-state index contributed by atoms with van der Waals surface area (Å²) in [6, 6.07) is 5.10. The lowest BCUT2D eigenvalue weighted by molar-refractivity contribution is 0.172. The van der Waals surface area contributed by atoms with Gasteiger partial charge in [0.2, 0.25) is 0 Å². The summed E-state index contributed by atoms with van der Waals surface area (Å²) in [5, 5.41) is 3.79. The van der Waals surface area contributed by atoms with Crippen molar-refractivity contribution in [2.75, 3.05) is 25.0 Å². The number of piperidine rings is 1. The van der Waals surface area contributed by atoms with E-state index in [1.807, 2.05) is 0 Å². The first kappa shape index (κ1) is 15.4. The Kier molecular flexibility index (Phi) is 5.09. The van der Waals surface area contributed by atoms with Gasteiger partial charge in [0.25, 0.3) is 0 Å². The number of hydrogen-bond donors (Lipinski definition) is 1. The van der Waals surface area contributed by atoms with Crippen molar-refractivity contribution in [1.82, 2.24) is 4.90 Å². The Bertz CT molecular complexity index is 430. The smallest absolute Gasteiger partial charge is 0.0401 e. The topological polar surface area (TPSA) is 15.3 Å². The van der Waals surface area contributed by atoms with Crippen LogP contribution in [0.4, 0.5) is 5.69 Å². The van der Waals surface area contributed by atoms with E-state index in [-0.39, 0.29) is 0 Å². The maximum Gasteiger partial charge on any atom is 0.0401 e. The van der Waals surface area contributed by atoms with Gasteiger partial charge in [-0.1, -0.05) is 24.6 Å². The lowest BCUT2D eigenvalue weighted by Gasteiger charge is -2.36. The molecule has 0 aliphatic carbocycles. The van der Waals surface area contributed by atoms with Crippen LogP contribution in [0.15, 0.2) is 12.1 Å². The molecule has 1 aliphatic heterocycles. The molecule has 0 saturated carbocycles. The van der Waals surface area contributed by atoms with E-state index in [4.69, 9.17) is 0 Å². The number of nitrogens with zero attached hydrogens (tertiary/aromatic N) is 1. The number of rotatable bonds is 4. The van der Waals surface area contributed by atoms with Gasteiger partial charge in [0.15, 0.2) is 0 Å². The Balaban J connectivity index is 2.06. The van der Waals surface area contributed by atoms with E-state index in [0.29, 0.717) is 6.04 Å². The van der Waals surface area contributed by atoms with Gasteiger partial charge < -0.3 is 10.2 Å². The van der Waals surface area contributed by atoms with Gasteiger partial charge in [0.05, 0.1) is 0 Å². The largest absolute Gasteiger partial charge is 0.382 e. The molecule has 0 bridgehead atoms. The van der Waals surface area contributed by atoms with Gasteiger partial charge in [-0.25, -0.2) is 0 Å². The second-order valence-electron chi connectivity index (χ2n) is 6.50. The van der Waals surface area contributed by atoms with E-state index in [1.165, 1.54) is 54.9 Å². The minimum Gasteiger partial charge on any atom is -0.382 e. The number of anilines is 1. The standard InChI is InChI=1S/C18H30N2/c1-6-20-9-7-8-17(12-20)16(5)19-18-14(3)10-13(2)11-15(18)4/h10-11,16-17,19H,6-9,12H2,1-5H3. The zero-order chi connectivity index (χ0) is 14.7. The van der Waals surface area contributed by atoms with E-state index in [1.54, 1.807) is 0 Å². The fraction of sp³-hybridized carbons (Fsp3) is 0.667. The van der Waals surface area contributed by atoms with Crippen molar-refractivity contribution in [3.8, 4) is 0 Å². The molecule has 1 aliphatic rings. The predicted molar refractivity (Wildman–Crippen MR) is 88.6 cm³/mol. The summed E-state index contributed by atoms with van der Waals surface area (Å²) in [5.41, 5.74) is 5.44. The number of aryl methyl sites for hydroxylation is 3. The molecule has 1 N–H and O–H groups in total. The highest BCUT2D eigenvalue weighted by Crippen LogP contribution is 2.26. The van der Waals surface area contributed by atoms with E-state index in [2.05, 4.69) is 57.0 Å². The van der Waals surface area contributed by atoms with Crippen molar-refractivity contribution in [3.05, 3.63) is 28.8 Å². The molecule has 1 heterocycles. The fourth-order valence-electron chi connectivity index (χ4n) is 3.54. The summed E-state index contributed by atoms with van der Waals surface area (Å²) in [6.45, 7) is 14.9. The van der Waals surface area contributed by atoms with Crippen LogP contribution in [0.1, 0.15) is 43.4 Å². The zero-order valence-electron chi connectivity index (χ0n) is 13.8. The molecule has 2 nitrogen and oxygen atoms in total. The van der Waals surface area contributed by atoms with Crippen LogP contribution < -0.4 is 5.32 Å². The monoisotopic (exact) mass is 274 g/mol.